The summed E-state index contributed by atoms with van der Waals surface area (Å²) in [6.45, 7) is 5.64. The van der Waals surface area contributed by atoms with Crippen LogP contribution >= 0.6 is 0 Å². The van der Waals surface area contributed by atoms with Gasteiger partial charge in [0.25, 0.3) is 0 Å². The van der Waals surface area contributed by atoms with Crippen LogP contribution in [0.5, 0.6) is 0 Å². The molecule has 0 aliphatic carbocycles. The van der Waals surface area contributed by atoms with Crippen molar-refractivity contribution in [3.63, 3.8) is 0 Å². The van der Waals surface area contributed by atoms with E-state index in [2.05, 4.69) is 39.4 Å². The molecule has 3 N–H and O–H groups in total. The number of carbonyl (C=O) groups is 2. The van der Waals surface area contributed by atoms with E-state index in [1.165, 1.54) is 18.7 Å². The minimum atomic E-state index is -0.200. The first-order valence-corrected chi connectivity index (χ1v) is 10.2. The van der Waals surface area contributed by atoms with Gasteiger partial charge in [-0.05, 0) is 62.4 Å². The summed E-state index contributed by atoms with van der Waals surface area (Å²) < 4.78 is 0. The van der Waals surface area contributed by atoms with Crippen molar-refractivity contribution >= 4 is 17.5 Å². The molecule has 4 rings (SSSR count). The molecular formula is C21H30N4O2. The monoisotopic (exact) mass is 370 g/mol. The lowest BCUT2D eigenvalue weighted by atomic mass is 9.90. The number of rotatable bonds is 4. The Morgan fingerprint density at radius 1 is 1.00 bits per heavy atom. The fourth-order valence-corrected chi connectivity index (χ4v) is 4.65. The molecule has 3 heterocycles. The number of nitrogens with zero attached hydrogens (tertiary/aromatic N) is 2. The number of likely N-dealkylation sites (tertiary alicyclic amines) is 1. The van der Waals surface area contributed by atoms with Gasteiger partial charge in [0.1, 0.15) is 0 Å². The van der Waals surface area contributed by atoms with Gasteiger partial charge in [0.2, 0.25) is 11.8 Å². The number of benzene rings is 1. The fraction of sp³-hybridized carbons (Fsp3) is 0.619. The highest BCUT2D eigenvalue weighted by molar-refractivity contribution is 6.00. The SMILES string of the molecule is NC1CCN(CC2CCN(c3ccc(C4CCC(=O)NC4=O)cc3)C2)CC1. The highest BCUT2D eigenvalue weighted by Gasteiger charge is 2.29. The first kappa shape index (κ1) is 18.4. The van der Waals surface area contributed by atoms with E-state index in [9.17, 15) is 9.59 Å². The van der Waals surface area contributed by atoms with Gasteiger partial charge in [0.05, 0.1) is 5.92 Å². The van der Waals surface area contributed by atoms with Crippen molar-refractivity contribution < 1.29 is 9.59 Å². The second-order valence-electron chi connectivity index (χ2n) is 8.33. The number of imide groups is 1. The van der Waals surface area contributed by atoms with Crippen LogP contribution in [-0.4, -0.2) is 55.5 Å². The Hall–Kier alpha value is -1.92. The van der Waals surface area contributed by atoms with Gasteiger partial charge in [-0.3, -0.25) is 14.9 Å². The molecule has 3 aliphatic rings. The van der Waals surface area contributed by atoms with Gasteiger partial charge in [-0.25, -0.2) is 0 Å². The van der Waals surface area contributed by atoms with Crippen molar-refractivity contribution in [2.45, 2.75) is 44.1 Å². The Labute approximate surface area is 161 Å². The first-order chi connectivity index (χ1) is 13.1. The zero-order valence-corrected chi connectivity index (χ0v) is 15.9. The molecular weight excluding hydrogens is 340 g/mol. The lowest BCUT2D eigenvalue weighted by Gasteiger charge is -2.32. The number of nitrogens with two attached hydrogens (primary N) is 1. The van der Waals surface area contributed by atoms with Crippen LogP contribution in [0.25, 0.3) is 0 Å². The maximum atomic E-state index is 12.0. The van der Waals surface area contributed by atoms with Gasteiger partial charge in [-0.2, -0.15) is 0 Å². The van der Waals surface area contributed by atoms with Gasteiger partial charge in [-0.1, -0.05) is 12.1 Å². The molecule has 2 atom stereocenters. The molecule has 2 amide bonds. The normalized spacial score (nSPS) is 27.8. The average molecular weight is 370 g/mol. The molecule has 6 nitrogen and oxygen atoms in total. The topological polar surface area (TPSA) is 78.7 Å². The molecule has 0 spiro atoms. The van der Waals surface area contributed by atoms with Crippen molar-refractivity contribution in [3.05, 3.63) is 29.8 Å². The maximum Gasteiger partial charge on any atom is 0.234 e. The van der Waals surface area contributed by atoms with Crippen molar-refractivity contribution in [3.8, 4) is 0 Å². The van der Waals surface area contributed by atoms with Crippen molar-refractivity contribution in [1.82, 2.24) is 10.2 Å². The number of hydrogen-bond acceptors (Lipinski definition) is 5. The molecule has 3 aliphatic heterocycles. The Balaban J connectivity index is 1.32. The van der Waals surface area contributed by atoms with Crippen molar-refractivity contribution in [2.24, 2.45) is 11.7 Å². The standard InChI is InChI=1S/C21H30N4O2/c22-17-8-10-24(11-9-17)13-15-7-12-25(14-15)18-3-1-16(2-4-18)19-5-6-20(26)23-21(19)27/h1-4,15,17,19H,5-14,22H2,(H,23,26,27). The fourth-order valence-electron chi connectivity index (χ4n) is 4.65. The third-order valence-electron chi connectivity index (χ3n) is 6.33. The summed E-state index contributed by atoms with van der Waals surface area (Å²) in [6.07, 6.45) is 4.51. The summed E-state index contributed by atoms with van der Waals surface area (Å²) in [6, 6.07) is 8.75. The van der Waals surface area contributed by atoms with E-state index in [1.807, 2.05) is 0 Å². The van der Waals surface area contributed by atoms with E-state index in [1.54, 1.807) is 0 Å². The van der Waals surface area contributed by atoms with Gasteiger partial charge < -0.3 is 15.5 Å². The molecule has 3 saturated heterocycles. The van der Waals surface area contributed by atoms with Crippen LogP contribution in [0.4, 0.5) is 5.69 Å². The Kier molecular flexibility index (Phi) is 5.45. The van der Waals surface area contributed by atoms with Crippen LogP contribution in [0.15, 0.2) is 24.3 Å². The third kappa shape index (κ3) is 4.33. The predicted molar refractivity (Wildman–Crippen MR) is 106 cm³/mol. The second kappa shape index (κ2) is 7.98. The Morgan fingerprint density at radius 3 is 2.44 bits per heavy atom. The summed E-state index contributed by atoms with van der Waals surface area (Å²) in [7, 11) is 0. The predicted octanol–water partition coefficient (Wildman–Crippen LogP) is 1.46. The van der Waals surface area contributed by atoms with Crippen LogP contribution in [0, 0.1) is 5.92 Å². The van der Waals surface area contributed by atoms with Crippen molar-refractivity contribution in [1.29, 1.82) is 0 Å². The summed E-state index contributed by atoms with van der Waals surface area (Å²) in [4.78, 5) is 28.4. The number of carbonyl (C=O) groups excluding carboxylic acids is 2. The van der Waals surface area contributed by atoms with E-state index in [0.29, 0.717) is 24.8 Å². The van der Waals surface area contributed by atoms with E-state index in [0.717, 1.165) is 44.6 Å². The van der Waals surface area contributed by atoms with Crippen LogP contribution < -0.4 is 16.0 Å². The summed E-state index contributed by atoms with van der Waals surface area (Å²) in [5, 5.41) is 2.44. The minimum absolute atomic E-state index is 0.160. The van der Waals surface area contributed by atoms with Crippen LogP contribution in [0.2, 0.25) is 0 Å². The Bertz CT molecular complexity index is 682. The minimum Gasteiger partial charge on any atom is -0.371 e. The first-order valence-electron chi connectivity index (χ1n) is 10.2. The molecule has 6 heteroatoms. The summed E-state index contributed by atoms with van der Waals surface area (Å²) >= 11 is 0. The second-order valence-corrected chi connectivity index (χ2v) is 8.33. The smallest absolute Gasteiger partial charge is 0.234 e. The number of anilines is 1. The maximum absolute atomic E-state index is 12.0. The largest absolute Gasteiger partial charge is 0.371 e. The summed E-state index contributed by atoms with van der Waals surface area (Å²) in [5.41, 5.74) is 8.24. The van der Waals surface area contributed by atoms with Crippen LogP contribution in [-0.2, 0) is 9.59 Å². The highest BCUT2D eigenvalue weighted by atomic mass is 16.2. The van der Waals surface area contributed by atoms with Crippen LogP contribution in [0.3, 0.4) is 0 Å². The molecule has 1 aromatic rings. The number of amides is 2. The molecule has 3 fully saturated rings. The zero-order chi connectivity index (χ0) is 18.8. The van der Waals surface area contributed by atoms with E-state index in [-0.39, 0.29) is 17.7 Å². The van der Waals surface area contributed by atoms with Gasteiger partial charge in [0, 0.05) is 37.8 Å². The van der Waals surface area contributed by atoms with Crippen molar-refractivity contribution in [2.75, 3.05) is 37.6 Å². The Morgan fingerprint density at radius 2 is 1.74 bits per heavy atom. The summed E-state index contributed by atoms with van der Waals surface area (Å²) in [5.74, 6) is 0.191. The number of piperidine rings is 2. The number of hydrogen-bond donors (Lipinski definition) is 2. The quantitative estimate of drug-likeness (QED) is 0.785. The molecule has 146 valence electrons. The lowest BCUT2D eigenvalue weighted by Crippen LogP contribution is -2.42. The van der Waals surface area contributed by atoms with E-state index in [4.69, 9.17) is 5.73 Å². The van der Waals surface area contributed by atoms with E-state index < -0.39 is 0 Å². The molecule has 1 aromatic carbocycles. The lowest BCUT2D eigenvalue weighted by molar-refractivity contribution is -0.134. The van der Waals surface area contributed by atoms with Gasteiger partial charge in [-0.15, -0.1) is 0 Å². The molecule has 0 bridgehead atoms. The zero-order valence-electron chi connectivity index (χ0n) is 15.9. The molecule has 0 aromatic heterocycles. The third-order valence-corrected chi connectivity index (χ3v) is 6.33. The van der Waals surface area contributed by atoms with Gasteiger partial charge >= 0.3 is 0 Å². The average Bonchev–Trinajstić information content (AvgIpc) is 3.12. The molecule has 27 heavy (non-hydrogen) atoms. The van der Waals surface area contributed by atoms with E-state index >= 15 is 0 Å². The van der Waals surface area contributed by atoms with Gasteiger partial charge in [0.15, 0.2) is 0 Å². The molecule has 2 unspecified atom stereocenters. The molecule has 0 radical (unpaired) electrons. The van der Waals surface area contributed by atoms with Crippen LogP contribution in [0.1, 0.15) is 43.6 Å². The highest BCUT2D eigenvalue weighted by Crippen LogP contribution is 2.29. The number of nitrogens with one attached hydrogen (secondary N) is 1. The molecule has 0 saturated carbocycles.